The summed E-state index contributed by atoms with van der Waals surface area (Å²) in [6.45, 7) is 6.61. The normalized spacial score (nSPS) is 16.4. The van der Waals surface area contributed by atoms with E-state index in [2.05, 4.69) is 10.2 Å². The van der Waals surface area contributed by atoms with E-state index in [4.69, 9.17) is 9.84 Å². The first-order valence-corrected chi connectivity index (χ1v) is 7.45. The maximum Gasteiger partial charge on any atom is 0.326 e. The molecule has 6 heteroatoms. The Balaban J connectivity index is 2.02. The fourth-order valence-electron chi connectivity index (χ4n) is 2.38. The highest BCUT2D eigenvalue weighted by atomic mass is 16.5. The van der Waals surface area contributed by atoms with Crippen LogP contribution in [0.2, 0.25) is 0 Å². The Labute approximate surface area is 130 Å². The Morgan fingerprint density at radius 1 is 1.18 bits per heavy atom. The molecule has 1 aromatic carbocycles. The average Bonchev–Trinajstić information content (AvgIpc) is 2.52. The predicted molar refractivity (Wildman–Crippen MR) is 83.2 cm³/mol. The van der Waals surface area contributed by atoms with Crippen LogP contribution in [0, 0.1) is 5.92 Å². The number of aliphatic carboxylic acids is 1. The van der Waals surface area contributed by atoms with E-state index in [1.54, 1.807) is 26.0 Å². The van der Waals surface area contributed by atoms with E-state index in [1.165, 1.54) is 0 Å². The summed E-state index contributed by atoms with van der Waals surface area (Å²) in [6, 6.07) is 6.32. The highest BCUT2D eigenvalue weighted by Crippen LogP contribution is 2.17. The van der Waals surface area contributed by atoms with E-state index in [9.17, 15) is 9.59 Å². The number of morpholine rings is 1. The van der Waals surface area contributed by atoms with Crippen LogP contribution in [0.15, 0.2) is 24.3 Å². The van der Waals surface area contributed by atoms with Crippen LogP contribution in [0.25, 0.3) is 0 Å². The van der Waals surface area contributed by atoms with Gasteiger partial charge in [-0.05, 0) is 30.2 Å². The second-order valence-corrected chi connectivity index (χ2v) is 5.68. The lowest BCUT2D eigenvalue weighted by Gasteiger charge is -2.28. The zero-order chi connectivity index (χ0) is 16.1. The van der Waals surface area contributed by atoms with Gasteiger partial charge >= 0.3 is 5.97 Å². The van der Waals surface area contributed by atoms with Crippen LogP contribution in [0.5, 0.6) is 0 Å². The molecule has 0 aromatic heterocycles. The van der Waals surface area contributed by atoms with Gasteiger partial charge in [-0.1, -0.05) is 13.8 Å². The molecule has 2 N–H and O–H groups in total. The number of benzene rings is 1. The number of anilines is 1. The minimum absolute atomic E-state index is 0.172. The number of ether oxygens (including phenoxy) is 1. The van der Waals surface area contributed by atoms with Crippen LogP contribution in [-0.2, 0) is 9.53 Å². The van der Waals surface area contributed by atoms with Crippen molar-refractivity contribution in [3.63, 3.8) is 0 Å². The summed E-state index contributed by atoms with van der Waals surface area (Å²) in [5.74, 6) is -1.56. The van der Waals surface area contributed by atoms with Crippen molar-refractivity contribution in [1.82, 2.24) is 5.32 Å². The van der Waals surface area contributed by atoms with Gasteiger partial charge in [-0.15, -0.1) is 0 Å². The van der Waals surface area contributed by atoms with Crippen molar-refractivity contribution in [2.45, 2.75) is 19.9 Å². The van der Waals surface area contributed by atoms with E-state index in [1.807, 2.05) is 12.1 Å². The standard InChI is InChI=1S/C16H22N2O4/c1-11(2)14(16(20)21)17-15(19)12-3-5-13(6-4-12)18-7-9-22-10-8-18/h3-6,11,14H,7-10H2,1-2H3,(H,17,19)(H,20,21)/t14-/m0/s1. The summed E-state index contributed by atoms with van der Waals surface area (Å²) in [6.07, 6.45) is 0. The predicted octanol–water partition coefficient (Wildman–Crippen LogP) is 1.36. The second-order valence-electron chi connectivity index (χ2n) is 5.68. The summed E-state index contributed by atoms with van der Waals surface area (Å²) in [4.78, 5) is 25.5. The Morgan fingerprint density at radius 3 is 2.27 bits per heavy atom. The largest absolute Gasteiger partial charge is 0.480 e. The lowest BCUT2D eigenvalue weighted by Crippen LogP contribution is -2.44. The third-order valence-corrected chi connectivity index (χ3v) is 3.73. The van der Waals surface area contributed by atoms with Gasteiger partial charge in [0.05, 0.1) is 13.2 Å². The van der Waals surface area contributed by atoms with Crippen molar-refractivity contribution < 1.29 is 19.4 Å². The smallest absolute Gasteiger partial charge is 0.326 e. The van der Waals surface area contributed by atoms with Gasteiger partial charge in [0.1, 0.15) is 6.04 Å². The number of nitrogens with zero attached hydrogens (tertiary/aromatic N) is 1. The molecule has 1 fully saturated rings. The molecule has 1 amide bonds. The molecule has 6 nitrogen and oxygen atoms in total. The number of rotatable bonds is 5. The van der Waals surface area contributed by atoms with Gasteiger partial charge in [0, 0.05) is 24.3 Å². The molecule has 0 radical (unpaired) electrons. The monoisotopic (exact) mass is 306 g/mol. The SMILES string of the molecule is CC(C)[C@H](NC(=O)c1ccc(N2CCOCC2)cc1)C(=O)O. The van der Waals surface area contributed by atoms with E-state index in [-0.39, 0.29) is 11.8 Å². The van der Waals surface area contributed by atoms with Gasteiger partial charge in [0.15, 0.2) is 0 Å². The second kappa shape index (κ2) is 7.26. The van der Waals surface area contributed by atoms with Crippen LogP contribution in [0.3, 0.4) is 0 Å². The van der Waals surface area contributed by atoms with Crippen molar-refractivity contribution >= 4 is 17.6 Å². The number of carbonyl (C=O) groups excluding carboxylic acids is 1. The summed E-state index contributed by atoms with van der Waals surface area (Å²) >= 11 is 0. The molecule has 0 bridgehead atoms. The lowest BCUT2D eigenvalue weighted by atomic mass is 10.0. The lowest BCUT2D eigenvalue weighted by molar-refractivity contribution is -0.140. The summed E-state index contributed by atoms with van der Waals surface area (Å²) < 4.78 is 5.31. The zero-order valence-corrected chi connectivity index (χ0v) is 12.9. The number of nitrogens with one attached hydrogen (secondary N) is 1. The van der Waals surface area contributed by atoms with Gasteiger partial charge in [0.25, 0.3) is 5.91 Å². The van der Waals surface area contributed by atoms with Crippen LogP contribution in [-0.4, -0.2) is 49.3 Å². The van der Waals surface area contributed by atoms with Gasteiger partial charge in [-0.25, -0.2) is 4.79 Å². The zero-order valence-electron chi connectivity index (χ0n) is 12.9. The summed E-state index contributed by atoms with van der Waals surface area (Å²) in [5, 5.41) is 11.7. The molecule has 1 heterocycles. The molecule has 1 aliphatic heterocycles. The summed E-state index contributed by atoms with van der Waals surface area (Å²) in [5.41, 5.74) is 1.50. The molecule has 0 spiro atoms. The maximum atomic E-state index is 12.1. The number of carboxylic acid groups (broad SMARTS) is 1. The minimum Gasteiger partial charge on any atom is -0.480 e. The van der Waals surface area contributed by atoms with Gasteiger partial charge in [-0.3, -0.25) is 4.79 Å². The molecule has 0 unspecified atom stereocenters. The van der Waals surface area contributed by atoms with Crippen molar-refractivity contribution in [3.05, 3.63) is 29.8 Å². The molecule has 120 valence electrons. The Morgan fingerprint density at radius 2 is 1.77 bits per heavy atom. The molecule has 2 rings (SSSR count). The fourth-order valence-corrected chi connectivity index (χ4v) is 2.38. The van der Waals surface area contributed by atoms with Crippen molar-refractivity contribution in [2.24, 2.45) is 5.92 Å². The number of hydrogen-bond donors (Lipinski definition) is 2. The molecule has 22 heavy (non-hydrogen) atoms. The molecule has 0 aliphatic carbocycles. The molecular weight excluding hydrogens is 284 g/mol. The molecule has 1 atom stereocenters. The first kappa shape index (κ1) is 16.3. The van der Waals surface area contributed by atoms with Gasteiger partial charge in [0.2, 0.25) is 0 Å². The maximum absolute atomic E-state index is 12.1. The first-order valence-electron chi connectivity index (χ1n) is 7.45. The number of hydrogen-bond acceptors (Lipinski definition) is 4. The Hall–Kier alpha value is -2.08. The Kier molecular flexibility index (Phi) is 5.38. The third kappa shape index (κ3) is 3.98. The summed E-state index contributed by atoms with van der Waals surface area (Å²) in [7, 11) is 0. The van der Waals surface area contributed by atoms with E-state index >= 15 is 0 Å². The van der Waals surface area contributed by atoms with Crippen LogP contribution < -0.4 is 10.2 Å². The molecule has 1 aliphatic rings. The highest BCUT2D eigenvalue weighted by molar-refractivity contribution is 5.96. The molecule has 1 saturated heterocycles. The molecular formula is C16H22N2O4. The molecule has 0 saturated carbocycles. The number of carbonyl (C=O) groups is 2. The quantitative estimate of drug-likeness (QED) is 0.859. The van der Waals surface area contributed by atoms with Crippen LogP contribution in [0.4, 0.5) is 5.69 Å². The third-order valence-electron chi connectivity index (χ3n) is 3.73. The average molecular weight is 306 g/mol. The van der Waals surface area contributed by atoms with Crippen LogP contribution in [0.1, 0.15) is 24.2 Å². The van der Waals surface area contributed by atoms with E-state index < -0.39 is 12.0 Å². The van der Waals surface area contributed by atoms with Crippen molar-refractivity contribution in [3.8, 4) is 0 Å². The highest BCUT2D eigenvalue weighted by Gasteiger charge is 2.24. The van der Waals surface area contributed by atoms with Crippen molar-refractivity contribution in [1.29, 1.82) is 0 Å². The first-order chi connectivity index (χ1) is 10.5. The number of carboxylic acids is 1. The van der Waals surface area contributed by atoms with Crippen molar-refractivity contribution in [2.75, 3.05) is 31.2 Å². The Bertz CT molecular complexity index is 521. The topological polar surface area (TPSA) is 78.9 Å². The number of amides is 1. The van der Waals surface area contributed by atoms with Crippen LogP contribution >= 0.6 is 0 Å². The fraction of sp³-hybridized carbons (Fsp3) is 0.500. The minimum atomic E-state index is -1.02. The van der Waals surface area contributed by atoms with Gasteiger partial charge < -0.3 is 20.1 Å². The molecule has 1 aromatic rings. The van der Waals surface area contributed by atoms with E-state index in [0.717, 1.165) is 18.8 Å². The van der Waals surface area contributed by atoms with Gasteiger partial charge in [-0.2, -0.15) is 0 Å². The van der Waals surface area contributed by atoms with E-state index in [0.29, 0.717) is 18.8 Å².